The lowest BCUT2D eigenvalue weighted by atomic mass is 9.94. The number of rotatable bonds is 7. The third-order valence-electron chi connectivity index (χ3n) is 4.00. The Morgan fingerprint density at radius 2 is 1.94 bits per heavy atom. The zero-order valence-electron chi connectivity index (χ0n) is 11.5. The molecule has 0 amide bonds. The van der Waals surface area contributed by atoms with Crippen LogP contribution >= 0.6 is 0 Å². The van der Waals surface area contributed by atoms with E-state index in [1.54, 1.807) is 0 Å². The molecular formula is C14H30N2. The fourth-order valence-electron chi connectivity index (χ4n) is 2.54. The van der Waals surface area contributed by atoms with Crippen molar-refractivity contribution in [2.45, 2.75) is 58.9 Å². The Kier molecular flexibility index (Phi) is 7.06. The van der Waals surface area contributed by atoms with Gasteiger partial charge in [-0.2, -0.15) is 0 Å². The van der Waals surface area contributed by atoms with Gasteiger partial charge in [-0.25, -0.2) is 0 Å². The van der Waals surface area contributed by atoms with Gasteiger partial charge in [0.05, 0.1) is 0 Å². The average molecular weight is 226 g/mol. The predicted octanol–water partition coefficient (Wildman–Crippen LogP) is 2.89. The van der Waals surface area contributed by atoms with Gasteiger partial charge in [0.15, 0.2) is 0 Å². The summed E-state index contributed by atoms with van der Waals surface area (Å²) in [4.78, 5) is 2.66. The van der Waals surface area contributed by atoms with Crippen LogP contribution in [0.4, 0.5) is 0 Å². The van der Waals surface area contributed by atoms with Crippen LogP contribution in [0.25, 0.3) is 0 Å². The van der Waals surface area contributed by atoms with Crippen LogP contribution in [-0.2, 0) is 0 Å². The molecule has 0 aliphatic carbocycles. The van der Waals surface area contributed by atoms with E-state index in [2.05, 4.69) is 31.0 Å². The highest BCUT2D eigenvalue weighted by molar-refractivity contribution is 4.76. The SMILES string of the molecule is CCCCNCC(C)N1CCC(CC)CC1. The van der Waals surface area contributed by atoms with Gasteiger partial charge in [-0.15, -0.1) is 0 Å². The topological polar surface area (TPSA) is 15.3 Å². The van der Waals surface area contributed by atoms with Crippen LogP contribution in [0.5, 0.6) is 0 Å². The van der Waals surface area contributed by atoms with Gasteiger partial charge in [0, 0.05) is 12.6 Å². The van der Waals surface area contributed by atoms with Gasteiger partial charge >= 0.3 is 0 Å². The summed E-state index contributed by atoms with van der Waals surface area (Å²) in [6.07, 6.45) is 6.80. The standard InChI is InChI=1S/C14H30N2/c1-4-6-9-15-12-13(3)16-10-7-14(5-2)8-11-16/h13-15H,4-12H2,1-3H3. The van der Waals surface area contributed by atoms with Crippen LogP contribution in [0.15, 0.2) is 0 Å². The Morgan fingerprint density at radius 3 is 2.50 bits per heavy atom. The first-order valence-electron chi connectivity index (χ1n) is 7.22. The van der Waals surface area contributed by atoms with Crippen molar-refractivity contribution >= 4 is 0 Å². The minimum absolute atomic E-state index is 0.717. The first-order valence-corrected chi connectivity index (χ1v) is 7.22. The molecule has 0 radical (unpaired) electrons. The predicted molar refractivity (Wildman–Crippen MR) is 71.8 cm³/mol. The smallest absolute Gasteiger partial charge is 0.0192 e. The summed E-state index contributed by atoms with van der Waals surface area (Å²) in [7, 11) is 0. The largest absolute Gasteiger partial charge is 0.315 e. The van der Waals surface area contributed by atoms with E-state index in [1.165, 1.54) is 51.7 Å². The monoisotopic (exact) mass is 226 g/mol. The molecule has 1 N–H and O–H groups in total. The highest BCUT2D eigenvalue weighted by Crippen LogP contribution is 2.21. The Bertz CT molecular complexity index is 162. The van der Waals surface area contributed by atoms with Crippen LogP contribution in [-0.4, -0.2) is 37.1 Å². The molecule has 1 rings (SSSR count). The Hall–Kier alpha value is -0.0800. The van der Waals surface area contributed by atoms with Crippen LogP contribution in [0.1, 0.15) is 52.9 Å². The van der Waals surface area contributed by atoms with Crippen molar-refractivity contribution in [2.24, 2.45) is 5.92 Å². The molecule has 1 unspecified atom stereocenters. The maximum atomic E-state index is 3.57. The van der Waals surface area contributed by atoms with Crippen molar-refractivity contribution in [3.8, 4) is 0 Å². The second-order valence-corrected chi connectivity index (χ2v) is 5.29. The zero-order chi connectivity index (χ0) is 11.8. The van der Waals surface area contributed by atoms with Crippen LogP contribution in [0, 0.1) is 5.92 Å². The van der Waals surface area contributed by atoms with E-state index < -0.39 is 0 Å². The summed E-state index contributed by atoms with van der Waals surface area (Å²) >= 11 is 0. The molecule has 1 heterocycles. The van der Waals surface area contributed by atoms with Gasteiger partial charge in [0.2, 0.25) is 0 Å². The van der Waals surface area contributed by atoms with Crippen molar-refractivity contribution in [1.29, 1.82) is 0 Å². The lowest BCUT2D eigenvalue weighted by Gasteiger charge is -2.35. The zero-order valence-corrected chi connectivity index (χ0v) is 11.5. The normalized spacial score (nSPS) is 21.2. The lowest BCUT2D eigenvalue weighted by molar-refractivity contribution is 0.137. The van der Waals surface area contributed by atoms with Crippen LogP contribution in [0.3, 0.4) is 0 Å². The third-order valence-corrected chi connectivity index (χ3v) is 4.00. The molecule has 2 nitrogen and oxygen atoms in total. The number of hydrogen-bond acceptors (Lipinski definition) is 2. The number of likely N-dealkylation sites (tertiary alicyclic amines) is 1. The fourth-order valence-corrected chi connectivity index (χ4v) is 2.54. The first-order chi connectivity index (χ1) is 7.77. The molecular weight excluding hydrogens is 196 g/mol. The van der Waals surface area contributed by atoms with Crippen LogP contribution in [0.2, 0.25) is 0 Å². The Labute approximate surface area is 102 Å². The molecule has 1 fully saturated rings. The molecule has 0 aromatic carbocycles. The summed E-state index contributed by atoms with van der Waals surface area (Å²) in [6.45, 7) is 11.9. The molecule has 0 aromatic heterocycles. The number of hydrogen-bond donors (Lipinski definition) is 1. The number of piperidine rings is 1. The third kappa shape index (κ3) is 4.84. The highest BCUT2D eigenvalue weighted by Gasteiger charge is 2.21. The molecule has 1 saturated heterocycles. The molecule has 1 aliphatic heterocycles. The number of nitrogens with zero attached hydrogens (tertiary/aromatic N) is 1. The van der Waals surface area contributed by atoms with Crippen molar-refractivity contribution < 1.29 is 0 Å². The molecule has 96 valence electrons. The lowest BCUT2D eigenvalue weighted by Crippen LogP contribution is -2.44. The van der Waals surface area contributed by atoms with Gasteiger partial charge in [-0.3, -0.25) is 4.90 Å². The number of nitrogens with one attached hydrogen (secondary N) is 1. The fraction of sp³-hybridized carbons (Fsp3) is 1.00. The molecule has 0 aromatic rings. The van der Waals surface area contributed by atoms with Crippen molar-refractivity contribution in [3.63, 3.8) is 0 Å². The van der Waals surface area contributed by atoms with Crippen molar-refractivity contribution in [1.82, 2.24) is 10.2 Å². The molecule has 16 heavy (non-hydrogen) atoms. The second kappa shape index (κ2) is 8.08. The molecule has 0 bridgehead atoms. The van der Waals surface area contributed by atoms with Gasteiger partial charge in [-0.1, -0.05) is 26.7 Å². The van der Waals surface area contributed by atoms with Crippen molar-refractivity contribution in [2.75, 3.05) is 26.2 Å². The van der Waals surface area contributed by atoms with E-state index in [9.17, 15) is 0 Å². The van der Waals surface area contributed by atoms with E-state index in [0.29, 0.717) is 0 Å². The molecule has 0 spiro atoms. The summed E-state index contributed by atoms with van der Waals surface area (Å²) < 4.78 is 0. The highest BCUT2D eigenvalue weighted by atomic mass is 15.2. The van der Waals surface area contributed by atoms with E-state index in [0.717, 1.165) is 18.5 Å². The van der Waals surface area contributed by atoms with Gasteiger partial charge < -0.3 is 5.32 Å². The quantitative estimate of drug-likeness (QED) is 0.672. The minimum atomic E-state index is 0.717. The number of unbranched alkanes of at least 4 members (excludes halogenated alkanes) is 1. The van der Waals surface area contributed by atoms with Crippen molar-refractivity contribution in [3.05, 3.63) is 0 Å². The van der Waals surface area contributed by atoms with E-state index in [1.807, 2.05) is 0 Å². The summed E-state index contributed by atoms with van der Waals surface area (Å²) in [5.41, 5.74) is 0. The van der Waals surface area contributed by atoms with E-state index in [-0.39, 0.29) is 0 Å². The average Bonchev–Trinajstić information content (AvgIpc) is 2.34. The molecule has 2 heteroatoms. The van der Waals surface area contributed by atoms with E-state index in [4.69, 9.17) is 0 Å². The molecule has 0 saturated carbocycles. The first kappa shape index (κ1) is 14.0. The maximum Gasteiger partial charge on any atom is 0.0192 e. The Balaban J connectivity index is 2.10. The molecule has 1 aliphatic rings. The second-order valence-electron chi connectivity index (χ2n) is 5.29. The van der Waals surface area contributed by atoms with Crippen LogP contribution < -0.4 is 5.32 Å². The minimum Gasteiger partial charge on any atom is -0.315 e. The van der Waals surface area contributed by atoms with E-state index >= 15 is 0 Å². The Morgan fingerprint density at radius 1 is 1.25 bits per heavy atom. The van der Waals surface area contributed by atoms with Gasteiger partial charge in [0.1, 0.15) is 0 Å². The summed E-state index contributed by atoms with van der Waals surface area (Å²) in [5, 5.41) is 3.57. The van der Waals surface area contributed by atoms with Gasteiger partial charge in [0.25, 0.3) is 0 Å². The maximum absolute atomic E-state index is 3.57. The van der Waals surface area contributed by atoms with Gasteiger partial charge in [-0.05, 0) is 51.7 Å². The summed E-state index contributed by atoms with van der Waals surface area (Å²) in [6, 6.07) is 0.717. The molecule has 1 atom stereocenters. The summed E-state index contributed by atoms with van der Waals surface area (Å²) in [5.74, 6) is 0.997.